The summed E-state index contributed by atoms with van der Waals surface area (Å²) in [4.78, 5) is 28.1. The minimum Gasteiger partial charge on any atom is -0.468 e. The lowest BCUT2D eigenvalue weighted by Gasteiger charge is -2.11. The number of alkyl halides is 3. The minimum atomic E-state index is -4.48. The monoisotopic (exact) mass is 379 g/mol. The Kier molecular flexibility index (Phi) is 6.53. The molecule has 0 aliphatic carbocycles. The van der Waals surface area contributed by atoms with Crippen LogP contribution in [0, 0.1) is 0 Å². The van der Waals surface area contributed by atoms with E-state index in [1.807, 2.05) is 0 Å². The number of amides is 2. The van der Waals surface area contributed by atoms with E-state index >= 15 is 0 Å². The van der Waals surface area contributed by atoms with Crippen LogP contribution in [0.15, 0.2) is 55.3 Å². The number of halogens is 3. The van der Waals surface area contributed by atoms with Gasteiger partial charge in [0, 0.05) is 18.8 Å². The molecule has 0 bridgehead atoms. The first-order chi connectivity index (χ1) is 12.8. The van der Waals surface area contributed by atoms with Crippen LogP contribution in [0.3, 0.4) is 0 Å². The van der Waals surface area contributed by atoms with E-state index in [4.69, 9.17) is 0 Å². The van der Waals surface area contributed by atoms with E-state index in [1.165, 1.54) is 12.1 Å². The summed E-state index contributed by atoms with van der Waals surface area (Å²) in [5, 5.41) is 5.18. The zero-order chi connectivity index (χ0) is 19.9. The molecule has 0 radical (unpaired) electrons. The van der Waals surface area contributed by atoms with Gasteiger partial charge < -0.3 is 15.4 Å². The molecular formula is C18H16F3N3O3. The van der Waals surface area contributed by atoms with Gasteiger partial charge in [-0.15, -0.1) is 6.58 Å². The molecule has 2 rings (SSSR count). The summed E-state index contributed by atoms with van der Waals surface area (Å²) >= 11 is 0. The van der Waals surface area contributed by atoms with Crippen molar-refractivity contribution in [3.63, 3.8) is 0 Å². The lowest BCUT2D eigenvalue weighted by atomic mass is 10.1. The number of aromatic nitrogens is 1. The number of carbonyl (C=O) groups is 2. The number of anilines is 1. The van der Waals surface area contributed by atoms with Crippen LogP contribution in [0.2, 0.25) is 0 Å². The molecule has 9 heteroatoms. The van der Waals surface area contributed by atoms with E-state index in [0.717, 1.165) is 12.3 Å². The molecule has 1 aromatic carbocycles. The van der Waals surface area contributed by atoms with Crippen molar-refractivity contribution in [3.05, 3.63) is 66.4 Å². The largest absolute Gasteiger partial charge is 0.468 e. The fraction of sp³-hybridized carbons (Fsp3) is 0.167. The van der Waals surface area contributed by atoms with E-state index in [0.29, 0.717) is 0 Å². The highest BCUT2D eigenvalue weighted by Crippen LogP contribution is 2.19. The average molecular weight is 379 g/mol. The van der Waals surface area contributed by atoms with Crippen molar-refractivity contribution < 1.29 is 27.5 Å². The van der Waals surface area contributed by atoms with Crippen LogP contribution in [0.25, 0.3) is 0 Å². The SMILES string of the molecule is C=CCNC(=O)c1ccccc1NC(=O)c1ccc(OCC(F)(F)F)nc1. The Bertz CT molecular complexity index is 821. The highest BCUT2D eigenvalue weighted by Gasteiger charge is 2.28. The Balaban J connectivity index is 2.07. The molecular weight excluding hydrogens is 363 g/mol. The van der Waals surface area contributed by atoms with Crippen LogP contribution < -0.4 is 15.4 Å². The van der Waals surface area contributed by atoms with Crippen LogP contribution in [0.5, 0.6) is 5.88 Å². The van der Waals surface area contributed by atoms with Crippen LogP contribution in [0.1, 0.15) is 20.7 Å². The molecule has 0 saturated carbocycles. The third-order valence-corrected chi connectivity index (χ3v) is 3.21. The number of nitrogens with zero attached hydrogens (tertiary/aromatic N) is 1. The molecule has 27 heavy (non-hydrogen) atoms. The summed E-state index contributed by atoms with van der Waals surface area (Å²) in [5.41, 5.74) is 0.628. The maximum Gasteiger partial charge on any atom is 0.422 e. The average Bonchev–Trinajstić information content (AvgIpc) is 2.64. The minimum absolute atomic E-state index is 0.0932. The number of pyridine rings is 1. The summed E-state index contributed by atoms with van der Waals surface area (Å²) in [6.45, 7) is 2.30. The number of hydrogen-bond donors (Lipinski definition) is 2. The van der Waals surface area contributed by atoms with Gasteiger partial charge in [0.25, 0.3) is 11.8 Å². The van der Waals surface area contributed by atoms with E-state index in [1.54, 1.807) is 24.3 Å². The van der Waals surface area contributed by atoms with E-state index in [-0.39, 0.29) is 35.1 Å². The Morgan fingerprint density at radius 3 is 2.52 bits per heavy atom. The van der Waals surface area contributed by atoms with Crippen molar-refractivity contribution in [2.24, 2.45) is 0 Å². The highest BCUT2D eigenvalue weighted by molar-refractivity contribution is 6.08. The first-order valence-electron chi connectivity index (χ1n) is 7.75. The Hall–Kier alpha value is -3.36. The quantitative estimate of drug-likeness (QED) is 0.724. The molecule has 1 aromatic heterocycles. The second kappa shape index (κ2) is 8.84. The standard InChI is InChI=1S/C18H16F3N3O3/c1-2-9-22-17(26)13-5-3-4-6-14(13)24-16(25)12-7-8-15(23-10-12)27-11-18(19,20)21/h2-8,10H,1,9,11H2,(H,22,26)(H,24,25). The predicted octanol–water partition coefficient (Wildman–Crippen LogP) is 3.19. The second-order valence-corrected chi connectivity index (χ2v) is 5.29. The third-order valence-electron chi connectivity index (χ3n) is 3.21. The number of carbonyl (C=O) groups excluding carboxylic acids is 2. The van der Waals surface area contributed by atoms with Gasteiger partial charge in [-0.1, -0.05) is 18.2 Å². The van der Waals surface area contributed by atoms with Gasteiger partial charge in [0.05, 0.1) is 16.8 Å². The van der Waals surface area contributed by atoms with Gasteiger partial charge in [-0.3, -0.25) is 9.59 Å². The van der Waals surface area contributed by atoms with Gasteiger partial charge in [-0.25, -0.2) is 4.98 Å². The maximum absolute atomic E-state index is 12.3. The smallest absolute Gasteiger partial charge is 0.422 e. The highest BCUT2D eigenvalue weighted by atomic mass is 19.4. The predicted molar refractivity (Wildman–Crippen MR) is 92.7 cm³/mol. The second-order valence-electron chi connectivity index (χ2n) is 5.29. The van der Waals surface area contributed by atoms with Crippen LogP contribution in [-0.4, -0.2) is 36.1 Å². The summed E-state index contributed by atoms with van der Waals surface area (Å²) in [6.07, 6.45) is -1.87. The molecule has 2 N–H and O–H groups in total. The van der Waals surface area contributed by atoms with Gasteiger partial charge >= 0.3 is 6.18 Å². The number of para-hydroxylation sites is 1. The van der Waals surface area contributed by atoms with Crippen molar-refractivity contribution in [1.82, 2.24) is 10.3 Å². The fourth-order valence-corrected chi connectivity index (χ4v) is 2.00. The third kappa shape index (κ3) is 6.14. The first kappa shape index (κ1) is 20.0. The summed E-state index contributed by atoms with van der Waals surface area (Å²) in [6, 6.07) is 8.81. The van der Waals surface area contributed by atoms with Crippen LogP contribution in [-0.2, 0) is 0 Å². The molecule has 1 heterocycles. The van der Waals surface area contributed by atoms with Crippen LogP contribution in [0.4, 0.5) is 18.9 Å². The van der Waals surface area contributed by atoms with Crippen LogP contribution >= 0.6 is 0 Å². The molecule has 142 valence electrons. The summed E-state index contributed by atoms with van der Waals surface area (Å²) < 4.78 is 40.8. The topological polar surface area (TPSA) is 80.3 Å². The Morgan fingerprint density at radius 1 is 1.15 bits per heavy atom. The van der Waals surface area contributed by atoms with Gasteiger partial charge in [-0.2, -0.15) is 13.2 Å². The van der Waals surface area contributed by atoms with Gasteiger partial charge in [0.2, 0.25) is 5.88 Å². The molecule has 0 fully saturated rings. The van der Waals surface area contributed by atoms with Crippen molar-refractivity contribution in [3.8, 4) is 5.88 Å². The van der Waals surface area contributed by atoms with E-state index in [9.17, 15) is 22.8 Å². The molecule has 0 atom stereocenters. The molecule has 0 aliphatic rings. The fourth-order valence-electron chi connectivity index (χ4n) is 2.00. The number of benzene rings is 1. The lowest BCUT2D eigenvalue weighted by molar-refractivity contribution is -0.154. The molecule has 2 aromatic rings. The Morgan fingerprint density at radius 2 is 1.89 bits per heavy atom. The van der Waals surface area contributed by atoms with Gasteiger partial charge in [0.1, 0.15) is 0 Å². The van der Waals surface area contributed by atoms with Crippen molar-refractivity contribution >= 4 is 17.5 Å². The molecule has 0 saturated heterocycles. The Labute approximate surface area is 153 Å². The molecule has 0 spiro atoms. The van der Waals surface area contributed by atoms with Gasteiger partial charge in [0.15, 0.2) is 6.61 Å². The summed E-state index contributed by atoms with van der Waals surface area (Å²) in [7, 11) is 0. The van der Waals surface area contributed by atoms with Crippen molar-refractivity contribution in [2.45, 2.75) is 6.18 Å². The lowest BCUT2D eigenvalue weighted by Crippen LogP contribution is -2.25. The van der Waals surface area contributed by atoms with E-state index < -0.39 is 18.7 Å². The maximum atomic E-state index is 12.3. The number of rotatable bonds is 7. The molecule has 0 aliphatic heterocycles. The normalized spacial score (nSPS) is 10.8. The number of nitrogens with one attached hydrogen (secondary N) is 2. The molecule has 2 amide bonds. The molecule has 0 unspecified atom stereocenters. The van der Waals surface area contributed by atoms with Gasteiger partial charge in [-0.05, 0) is 18.2 Å². The number of ether oxygens (including phenoxy) is 1. The van der Waals surface area contributed by atoms with E-state index in [2.05, 4.69) is 26.9 Å². The van der Waals surface area contributed by atoms with Crippen molar-refractivity contribution in [2.75, 3.05) is 18.5 Å². The molecule has 6 nitrogen and oxygen atoms in total. The first-order valence-corrected chi connectivity index (χ1v) is 7.75. The zero-order valence-electron chi connectivity index (χ0n) is 14.0. The van der Waals surface area contributed by atoms with Crippen molar-refractivity contribution in [1.29, 1.82) is 0 Å². The summed E-state index contributed by atoms with van der Waals surface area (Å²) in [5.74, 6) is -1.22. The number of hydrogen-bond acceptors (Lipinski definition) is 4. The zero-order valence-corrected chi connectivity index (χ0v) is 14.0.